The van der Waals surface area contributed by atoms with Crippen molar-refractivity contribution in [1.82, 2.24) is 15.3 Å². The summed E-state index contributed by atoms with van der Waals surface area (Å²) in [6.45, 7) is 2.78. The number of nitrogens with zero attached hydrogens (tertiary/aromatic N) is 2. The van der Waals surface area contributed by atoms with Gasteiger partial charge in [0.25, 0.3) is 0 Å². The van der Waals surface area contributed by atoms with Crippen LogP contribution in [0.3, 0.4) is 0 Å². The lowest BCUT2D eigenvalue weighted by molar-refractivity contribution is 0.187. The molecular weight excluding hydrogens is 154 g/mol. The zero-order valence-electron chi connectivity index (χ0n) is 6.66. The first-order chi connectivity index (χ1) is 5.95. The minimum atomic E-state index is 0.421. The van der Waals surface area contributed by atoms with Gasteiger partial charge in [0.05, 0.1) is 12.8 Å². The van der Waals surface area contributed by atoms with Crippen molar-refractivity contribution < 1.29 is 4.74 Å². The van der Waals surface area contributed by atoms with Gasteiger partial charge in [-0.25, -0.2) is 4.98 Å². The molecule has 63 valence electrons. The molecule has 0 saturated carbocycles. The molecule has 1 aromatic heterocycles. The minimum Gasteiger partial charge on any atom is -0.463 e. The van der Waals surface area contributed by atoms with Gasteiger partial charge in [-0.1, -0.05) is 0 Å². The second-order valence-corrected chi connectivity index (χ2v) is 2.80. The number of rotatable bonds is 3. The summed E-state index contributed by atoms with van der Waals surface area (Å²) < 4.78 is 5.32. The van der Waals surface area contributed by atoms with Gasteiger partial charge in [-0.3, -0.25) is 0 Å². The van der Waals surface area contributed by atoms with E-state index in [9.17, 15) is 0 Å². The molecule has 0 aromatic carbocycles. The third-order valence-corrected chi connectivity index (χ3v) is 1.81. The van der Waals surface area contributed by atoms with Gasteiger partial charge in [0, 0.05) is 25.2 Å². The van der Waals surface area contributed by atoms with Crippen LogP contribution in [0.4, 0.5) is 0 Å². The fraction of sp³-hybridized carbons (Fsp3) is 0.500. The molecule has 1 aliphatic rings. The highest BCUT2D eigenvalue weighted by Crippen LogP contribution is 2.05. The molecule has 2 rings (SSSR count). The summed E-state index contributed by atoms with van der Waals surface area (Å²) in [6, 6.07) is 2.07. The molecule has 0 bridgehead atoms. The van der Waals surface area contributed by atoms with Crippen LogP contribution in [0.1, 0.15) is 0 Å². The largest absolute Gasteiger partial charge is 0.463 e. The predicted octanol–water partition coefficient (Wildman–Crippen LogP) is -0.125. The summed E-state index contributed by atoms with van der Waals surface area (Å²) in [6.07, 6.45) is 4.29. The normalized spacial score (nSPS) is 17.0. The fourth-order valence-electron chi connectivity index (χ4n) is 0.984. The summed E-state index contributed by atoms with van der Waals surface area (Å²) in [5.74, 6) is 0.619. The Morgan fingerprint density at radius 2 is 2.58 bits per heavy atom. The second-order valence-electron chi connectivity index (χ2n) is 2.80. The third kappa shape index (κ3) is 1.71. The average molecular weight is 164 g/mol. The molecule has 2 heterocycles. The lowest BCUT2D eigenvalue weighted by Crippen LogP contribution is -2.45. The maximum absolute atomic E-state index is 5.32. The maximum atomic E-state index is 5.32. The molecule has 1 N–H and O–H groups in total. The minimum absolute atomic E-state index is 0.421. The number of aromatic nitrogens is 2. The second kappa shape index (κ2) is 3.49. The van der Waals surface area contributed by atoms with Crippen molar-refractivity contribution in [1.29, 1.82) is 0 Å². The first-order valence-electron chi connectivity index (χ1n) is 3.98. The van der Waals surface area contributed by atoms with Crippen LogP contribution >= 0.6 is 0 Å². The molecule has 1 radical (unpaired) electrons. The molecule has 0 atom stereocenters. The fourth-order valence-corrected chi connectivity index (χ4v) is 0.984. The molecule has 0 spiro atoms. The van der Waals surface area contributed by atoms with Crippen LogP contribution in [0.5, 0.6) is 6.01 Å². The topological polar surface area (TPSA) is 47.0 Å². The van der Waals surface area contributed by atoms with Crippen molar-refractivity contribution in [2.45, 2.75) is 0 Å². The van der Waals surface area contributed by atoms with Gasteiger partial charge in [-0.15, -0.1) is 0 Å². The lowest BCUT2D eigenvalue weighted by Gasteiger charge is -2.26. The van der Waals surface area contributed by atoms with E-state index in [4.69, 9.17) is 4.74 Å². The lowest BCUT2D eigenvalue weighted by atomic mass is 10.1. The summed E-state index contributed by atoms with van der Waals surface area (Å²) in [7, 11) is 0. The molecule has 4 nitrogen and oxygen atoms in total. The van der Waals surface area contributed by atoms with E-state index < -0.39 is 0 Å². The highest BCUT2D eigenvalue weighted by molar-refractivity contribution is 4.92. The Balaban J connectivity index is 1.79. The van der Waals surface area contributed by atoms with E-state index in [2.05, 4.69) is 21.5 Å². The molecule has 0 amide bonds. The Kier molecular flexibility index (Phi) is 2.18. The van der Waals surface area contributed by atoms with E-state index in [1.54, 1.807) is 12.3 Å². The SMILES string of the molecule is [c]1ccnc(OCC2CNC2)n1. The van der Waals surface area contributed by atoms with Crippen molar-refractivity contribution in [3.05, 3.63) is 18.5 Å². The van der Waals surface area contributed by atoms with Gasteiger partial charge >= 0.3 is 6.01 Å². The van der Waals surface area contributed by atoms with E-state index in [0.29, 0.717) is 18.5 Å². The third-order valence-electron chi connectivity index (χ3n) is 1.81. The Labute approximate surface area is 71.0 Å². The van der Waals surface area contributed by atoms with E-state index in [1.165, 1.54) is 0 Å². The van der Waals surface area contributed by atoms with Crippen LogP contribution < -0.4 is 10.1 Å². The van der Waals surface area contributed by atoms with E-state index >= 15 is 0 Å². The van der Waals surface area contributed by atoms with Crippen molar-refractivity contribution in [3.63, 3.8) is 0 Å². The molecule has 4 heteroatoms. The van der Waals surface area contributed by atoms with Gasteiger partial charge in [-0.2, -0.15) is 4.98 Å². The Morgan fingerprint density at radius 3 is 3.17 bits per heavy atom. The average Bonchev–Trinajstić information content (AvgIpc) is 2.04. The first kappa shape index (κ1) is 7.49. The Morgan fingerprint density at radius 1 is 1.67 bits per heavy atom. The van der Waals surface area contributed by atoms with Crippen molar-refractivity contribution >= 4 is 0 Å². The molecule has 1 aliphatic heterocycles. The van der Waals surface area contributed by atoms with Crippen molar-refractivity contribution in [3.8, 4) is 6.01 Å². The molecule has 1 aromatic rings. The Hall–Kier alpha value is -1.16. The summed E-state index contributed by atoms with van der Waals surface area (Å²) >= 11 is 0. The van der Waals surface area contributed by atoms with Crippen LogP contribution in [0.15, 0.2) is 12.3 Å². The number of hydrogen-bond donors (Lipinski definition) is 1. The highest BCUT2D eigenvalue weighted by atomic mass is 16.5. The van der Waals surface area contributed by atoms with Gasteiger partial charge in [0.1, 0.15) is 0 Å². The van der Waals surface area contributed by atoms with Crippen LogP contribution in [0.2, 0.25) is 0 Å². The molecular formula is C8H10N3O. The van der Waals surface area contributed by atoms with Gasteiger partial charge in [-0.05, 0) is 6.07 Å². The van der Waals surface area contributed by atoms with Gasteiger partial charge in [0.15, 0.2) is 0 Å². The monoisotopic (exact) mass is 164 g/mol. The van der Waals surface area contributed by atoms with Crippen molar-refractivity contribution in [2.75, 3.05) is 19.7 Å². The van der Waals surface area contributed by atoms with Crippen LogP contribution in [-0.2, 0) is 0 Å². The van der Waals surface area contributed by atoms with Crippen LogP contribution in [0, 0.1) is 12.1 Å². The number of hydrogen-bond acceptors (Lipinski definition) is 4. The first-order valence-corrected chi connectivity index (χ1v) is 3.98. The van der Waals surface area contributed by atoms with Gasteiger partial charge in [0.2, 0.25) is 0 Å². The molecule has 0 unspecified atom stereocenters. The molecule has 1 saturated heterocycles. The number of nitrogens with one attached hydrogen (secondary N) is 1. The van der Waals surface area contributed by atoms with Gasteiger partial charge < -0.3 is 10.1 Å². The summed E-state index contributed by atoms with van der Waals surface area (Å²) in [4.78, 5) is 7.75. The smallest absolute Gasteiger partial charge is 0.316 e. The van der Waals surface area contributed by atoms with E-state index in [0.717, 1.165) is 13.1 Å². The van der Waals surface area contributed by atoms with Crippen molar-refractivity contribution in [2.24, 2.45) is 5.92 Å². The number of ether oxygens (including phenoxy) is 1. The zero-order chi connectivity index (χ0) is 8.23. The molecule has 1 fully saturated rings. The molecule has 0 aliphatic carbocycles. The Bertz CT molecular complexity index is 235. The van der Waals surface area contributed by atoms with E-state index in [-0.39, 0.29) is 0 Å². The quantitative estimate of drug-likeness (QED) is 0.676. The summed E-state index contributed by atoms with van der Waals surface area (Å²) in [5, 5.41) is 3.17. The highest BCUT2D eigenvalue weighted by Gasteiger charge is 2.17. The van der Waals surface area contributed by atoms with E-state index in [1.807, 2.05) is 0 Å². The maximum Gasteiger partial charge on any atom is 0.316 e. The summed E-state index contributed by atoms with van der Waals surface area (Å²) in [5.41, 5.74) is 0. The predicted molar refractivity (Wildman–Crippen MR) is 42.7 cm³/mol. The molecule has 12 heavy (non-hydrogen) atoms. The standard InChI is InChI=1S/C8H10N3O/c1-2-10-8(11-3-1)12-6-7-4-9-5-7/h1-2,7,9H,4-6H2. The van der Waals surface area contributed by atoms with Crippen LogP contribution in [0.25, 0.3) is 0 Å². The van der Waals surface area contributed by atoms with Crippen LogP contribution in [-0.4, -0.2) is 29.7 Å². The zero-order valence-corrected chi connectivity index (χ0v) is 6.66.